The monoisotopic (exact) mass is 419 g/mol. The topological polar surface area (TPSA) is 71.5 Å². The zero-order valence-electron chi connectivity index (χ0n) is 18.0. The molecule has 1 aromatic carbocycles. The molecule has 0 bridgehead atoms. The van der Waals surface area contributed by atoms with Crippen LogP contribution in [0.1, 0.15) is 65.9 Å². The predicted molar refractivity (Wildman–Crippen MR) is 118 cm³/mol. The van der Waals surface area contributed by atoms with Crippen molar-refractivity contribution in [1.82, 2.24) is 9.88 Å². The van der Waals surface area contributed by atoms with Crippen molar-refractivity contribution < 1.29 is 14.3 Å². The second kappa shape index (κ2) is 8.08. The lowest BCUT2D eigenvalue weighted by Gasteiger charge is -2.50. The van der Waals surface area contributed by atoms with Gasteiger partial charge in [-0.25, -0.2) is 4.98 Å². The molecule has 1 aromatic heterocycles. The first-order chi connectivity index (χ1) is 15.1. The SMILES string of the molecule is Cc1ccc(NC(=O)[C@H]2c3ccccc3C(=O)N(C[C@H]3CCCO3)C23CCCC3)nc1. The third-order valence-corrected chi connectivity index (χ3v) is 7.13. The maximum Gasteiger partial charge on any atom is 0.254 e. The molecular formula is C25H29N3O3. The Kier molecular flexibility index (Phi) is 5.26. The molecule has 3 heterocycles. The summed E-state index contributed by atoms with van der Waals surface area (Å²) in [6.45, 7) is 3.27. The van der Waals surface area contributed by atoms with Crippen LogP contribution < -0.4 is 5.32 Å². The van der Waals surface area contributed by atoms with Gasteiger partial charge in [0.25, 0.3) is 5.91 Å². The van der Waals surface area contributed by atoms with Crippen LogP contribution >= 0.6 is 0 Å². The molecule has 6 heteroatoms. The van der Waals surface area contributed by atoms with Crippen LogP contribution in [0, 0.1) is 6.92 Å². The molecule has 0 unspecified atom stereocenters. The maximum absolute atomic E-state index is 13.7. The molecule has 3 aliphatic rings. The molecule has 1 saturated heterocycles. The highest BCUT2D eigenvalue weighted by molar-refractivity contribution is 6.05. The molecule has 1 aliphatic carbocycles. The van der Waals surface area contributed by atoms with E-state index in [4.69, 9.17) is 4.74 Å². The number of nitrogens with zero attached hydrogens (tertiary/aromatic N) is 2. The summed E-state index contributed by atoms with van der Waals surface area (Å²) < 4.78 is 5.89. The second-order valence-corrected chi connectivity index (χ2v) is 9.09. The number of hydrogen-bond donors (Lipinski definition) is 1. The fourth-order valence-corrected chi connectivity index (χ4v) is 5.66. The molecule has 2 aliphatic heterocycles. The van der Waals surface area contributed by atoms with Gasteiger partial charge < -0.3 is 15.0 Å². The van der Waals surface area contributed by atoms with Crippen LogP contribution in [0.4, 0.5) is 5.82 Å². The first-order valence-electron chi connectivity index (χ1n) is 11.3. The largest absolute Gasteiger partial charge is 0.376 e. The summed E-state index contributed by atoms with van der Waals surface area (Å²) in [5.41, 5.74) is 2.01. The van der Waals surface area contributed by atoms with E-state index in [-0.39, 0.29) is 17.9 Å². The first kappa shape index (κ1) is 20.2. The number of nitrogens with one attached hydrogen (secondary N) is 1. The Balaban J connectivity index is 1.56. The molecule has 2 atom stereocenters. The van der Waals surface area contributed by atoms with Crippen LogP contribution in [0.15, 0.2) is 42.6 Å². The van der Waals surface area contributed by atoms with Crippen LogP contribution in [0.3, 0.4) is 0 Å². The van der Waals surface area contributed by atoms with E-state index < -0.39 is 11.5 Å². The number of pyridine rings is 1. The van der Waals surface area contributed by atoms with E-state index in [0.29, 0.717) is 17.9 Å². The zero-order chi connectivity index (χ0) is 21.4. The molecule has 31 heavy (non-hydrogen) atoms. The summed E-state index contributed by atoms with van der Waals surface area (Å²) in [6, 6.07) is 11.4. The van der Waals surface area contributed by atoms with Crippen molar-refractivity contribution >= 4 is 17.6 Å². The van der Waals surface area contributed by atoms with Crippen molar-refractivity contribution in [3.05, 3.63) is 59.3 Å². The van der Waals surface area contributed by atoms with E-state index in [9.17, 15) is 9.59 Å². The third-order valence-electron chi connectivity index (χ3n) is 7.13. The van der Waals surface area contributed by atoms with Crippen molar-refractivity contribution in [3.8, 4) is 0 Å². The average Bonchev–Trinajstić information content (AvgIpc) is 3.46. The molecule has 0 radical (unpaired) electrons. The fraction of sp³-hybridized carbons (Fsp3) is 0.480. The number of ether oxygens (including phenoxy) is 1. The Morgan fingerprint density at radius 2 is 2.00 bits per heavy atom. The highest BCUT2D eigenvalue weighted by Gasteiger charge is 2.56. The van der Waals surface area contributed by atoms with Gasteiger partial charge in [-0.2, -0.15) is 0 Å². The number of carbonyl (C=O) groups is 2. The van der Waals surface area contributed by atoms with Crippen LogP contribution in [0.25, 0.3) is 0 Å². The summed E-state index contributed by atoms with van der Waals surface area (Å²) >= 11 is 0. The van der Waals surface area contributed by atoms with Crippen molar-refractivity contribution in [2.45, 2.75) is 63.0 Å². The number of hydrogen-bond acceptors (Lipinski definition) is 4. The number of benzene rings is 1. The van der Waals surface area contributed by atoms with E-state index in [0.717, 1.165) is 56.3 Å². The van der Waals surface area contributed by atoms with Gasteiger partial charge in [-0.1, -0.05) is 37.1 Å². The number of rotatable bonds is 4. The van der Waals surface area contributed by atoms with Gasteiger partial charge in [0.2, 0.25) is 5.91 Å². The molecule has 162 valence electrons. The summed E-state index contributed by atoms with van der Waals surface area (Å²) in [5, 5.41) is 3.04. The Labute approximate surface area is 183 Å². The quantitative estimate of drug-likeness (QED) is 0.811. The molecule has 1 saturated carbocycles. The van der Waals surface area contributed by atoms with Crippen molar-refractivity contribution in [2.24, 2.45) is 0 Å². The molecule has 6 nitrogen and oxygen atoms in total. The van der Waals surface area contributed by atoms with E-state index in [1.54, 1.807) is 6.20 Å². The fourth-order valence-electron chi connectivity index (χ4n) is 5.66. The van der Waals surface area contributed by atoms with E-state index in [2.05, 4.69) is 10.3 Å². The van der Waals surface area contributed by atoms with Crippen molar-refractivity contribution in [1.29, 1.82) is 0 Å². The van der Waals surface area contributed by atoms with Crippen molar-refractivity contribution in [2.75, 3.05) is 18.5 Å². The third kappa shape index (κ3) is 3.53. The number of anilines is 1. The number of amides is 2. The first-order valence-corrected chi connectivity index (χ1v) is 11.3. The molecule has 1 spiro atoms. The minimum absolute atomic E-state index is 0.0329. The minimum Gasteiger partial charge on any atom is -0.376 e. The Hall–Kier alpha value is -2.73. The lowest BCUT2D eigenvalue weighted by molar-refractivity contribution is -0.121. The van der Waals surface area contributed by atoms with Gasteiger partial charge in [-0.15, -0.1) is 0 Å². The van der Waals surface area contributed by atoms with Gasteiger partial charge >= 0.3 is 0 Å². The van der Waals surface area contributed by atoms with Crippen LogP contribution in [0.5, 0.6) is 0 Å². The summed E-state index contributed by atoms with van der Waals surface area (Å²) in [6.07, 6.45) is 7.50. The average molecular weight is 420 g/mol. The van der Waals surface area contributed by atoms with Gasteiger partial charge in [0.1, 0.15) is 5.82 Å². The Morgan fingerprint density at radius 1 is 1.19 bits per heavy atom. The second-order valence-electron chi connectivity index (χ2n) is 9.09. The van der Waals surface area contributed by atoms with E-state index >= 15 is 0 Å². The van der Waals surface area contributed by atoms with Gasteiger partial charge in [0, 0.05) is 24.9 Å². The van der Waals surface area contributed by atoms with Crippen LogP contribution in [-0.4, -0.2) is 46.5 Å². The number of carbonyl (C=O) groups excluding carboxylic acids is 2. The lowest BCUT2D eigenvalue weighted by atomic mass is 9.71. The summed E-state index contributed by atoms with van der Waals surface area (Å²) in [4.78, 5) is 33.8. The molecule has 2 fully saturated rings. The number of aromatic nitrogens is 1. The lowest BCUT2D eigenvalue weighted by Crippen LogP contribution is -2.61. The highest BCUT2D eigenvalue weighted by Crippen LogP contribution is 2.50. The minimum atomic E-state index is -0.508. The summed E-state index contributed by atoms with van der Waals surface area (Å²) in [7, 11) is 0. The molecule has 2 amide bonds. The van der Waals surface area contributed by atoms with Crippen LogP contribution in [-0.2, 0) is 9.53 Å². The standard InChI is InChI=1S/C25H29N3O3/c1-17-10-11-21(26-15-17)27-23(29)22-19-8-2-3-9-20(19)24(30)28(16-18-7-6-14-31-18)25(22)12-4-5-13-25/h2-3,8-11,15,18,22H,4-7,12-14,16H2,1H3,(H,26,27,29)/t18-,22-/m1/s1. The van der Waals surface area contributed by atoms with Gasteiger partial charge in [0.05, 0.1) is 17.6 Å². The molecule has 1 N–H and O–H groups in total. The highest BCUT2D eigenvalue weighted by atomic mass is 16.5. The van der Waals surface area contributed by atoms with Gasteiger partial charge in [-0.05, 0) is 55.9 Å². The maximum atomic E-state index is 13.7. The summed E-state index contributed by atoms with van der Waals surface area (Å²) in [5.74, 6) is 0.0678. The normalized spacial score (nSPS) is 24.4. The predicted octanol–water partition coefficient (Wildman–Crippen LogP) is 4.06. The van der Waals surface area contributed by atoms with E-state index in [1.165, 1.54) is 0 Å². The number of fused-ring (bicyclic) bond motifs is 1. The Morgan fingerprint density at radius 3 is 2.71 bits per heavy atom. The van der Waals surface area contributed by atoms with Gasteiger partial charge in [-0.3, -0.25) is 9.59 Å². The van der Waals surface area contributed by atoms with E-state index in [1.807, 2.05) is 48.2 Å². The molecule has 2 aromatic rings. The molecule has 5 rings (SSSR count). The number of aryl methyl sites for hydroxylation is 1. The van der Waals surface area contributed by atoms with Gasteiger partial charge in [0.15, 0.2) is 0 Å². The zero-order valence-corrected chi connectivity index (χ0v) is 18.0. The Bertz CT molecular complexity index is 976. The smallest absolute Gasteiger partial charge is 0.254 e. The van der Waals surface area contributed by atoms with Crippen molar-refractivity contribution in [3.63, 3.8) is 0 Å². The molecular weight excluding hydrogens is 390 g/mol. The van der Waals surface area contributed by atoms with Crippen LogP contribution in [0.2, 0.25) is 0 Å².